The van der Waals surface area contributed by atoms with Crippen molar-refractivity contribution in [2.75, 3.05) is 5.73 Å². The number of nitrogens with one attached hydrogen (secondary N) is 1. The number of aromatic amines is 1. The predicted octanol–water partition coefficient (Wildman–Crippen LogP) is 1.78. The summed E-state index contributed by atoms with van der Waals surface area (Å²) in [5.41, 5.74) is 6.30. The van der Waals surface area contributed by atoms with E-state index in [1.165, 1.54) is 0 Å². The zero-order valence-electron chi connectivity index (χ0n) is 6.90. The Kier molecular flexibility index (Phi) is 1.88. The van der Waals surface area contributed by atoms with Crippen molar-refractivity contribution in [3.63, 3.8) is 0 Å². The normalized spacial score (nSPS) is 9.85. The molecule has 0 amide bonds. The van der Waals surface area contributed by atoms with E-state index >= 15 is 0 Å². The number of hydrogen-bond acceptors (Lipinski definition) is 3. The van der Waals surface area contributed by atoms with Gasteiger partial charge in [0.2, 0.25) is 0 Å². The fourth-order valence-electron chi connectivity index (χ4n) is 0.995. The van der Waals surface area contributed by atoms with Crippen LogP contribution < -0.4 is 10.5 Å². The third kappa shape index (κ3) is 1.61. The van der Waals surface area contributed by atoms with Crippen molar-refractivity contribution in [2.24, 2.45) is 0 Å². The van der Waals surface area contributed by atoms with Gasteiger partial charge in [-0.05, 0) is 12.1 Å². The molecular formula is C9H9N3O. The maximum Gasteiger partial charge on any atom is 0.165 e. The van der Waals surface area contributed by atoms with Gasteiger partial charge in [-0.2, -0.15) is 5.10 Å². The summed E-state index contributed by atoms with van der Waals surface area (Å²) in [5.74, 6) is 1.29. The van der Waals surface area contributed by atoms with Crippen molar-refractivity contribution in [3.8, 4) is 11.5 Å². The quantitative estimate of drug-likeness (QED) is 0.684. The van der Waals surface area contributed by atoms with Gasteiger partial charge in [0.05, 0.1) is 18.1 Å². The molecule has 66 valence electrons. The molecule has 0 fully saturated rings. The van der Waals surface area contributed by atoms with E-state index in [9.17, 15) is 0 Å². The van der Waals surface area contributed by atoms with Crippen LogP contribution in [-0.4, -0.2) is 10.2 Å². The van der Waals surface area contributed by atoms with Crippen molar-refractivity contribution in [1.29, 1.82) is 0 Å². The number of rotatable bonds is 2. The van der Waals surface area contributed by atoms with Crippen molar-refractivity contribution in [1.82, 2.24) is 10.2 Å². The van der Waals surface area contributed by atoms with Crippen LogP contribution in [0.15, 0.2) is 36.7 Å². The highest BCUT2D eigenvalue weighted by Gasteiger charge is 2.00. The van der Waals surface area contributed by atoms with Gasteiger partial charge in [0.15, 0.2) is 5.75 Å². The minimum absolute atomic E-state index is 0.615. The van der Waals surface area contributed by atoms with Crippen molar-refractivity contribution >= 4 is 5.69 Å². The topological polar surface area (TPSA) is 63.9 Å². The number of anilines is 1. The van der Waals surface area contributed by atoms with Crippen LogP contribution in [0.1, 0.15) is 0 Å². The van der Waals surface area contributed by atoms with Gasteiger partial charge in [-0.25, -0.2) is 0 Å². The molecule has 0 bridgehead atoms. The molecule has 0 radical (unpaired) electrons. The molecule has 1 aromatic heterocycles. The average Bonchev–Trinajstić information content (AvgIpc) is 2.61. The minimum Gasteiger partial charge on any atom is -0.452 e. The lowest BCUT2D eigenvalue weighted by molar-refractivity contribution is 0.485. The summed E-state index contributed by atoms with van der Waals surface area (Å²) in [5, 5.41) is 6.41. The first kappa shape index (κ1) is 7.67. The van der Waals surface area contributed by atoms with Crippen LogP contribution in [0.3, 0.4) is 0 Å². The molecule has 1 aromatic carbocycles. The Morgan fingerprint density at radius 1 is 1.31 bits per heavy atom. The van der Waals surface area contributed by atoms with Crippen molar-refractivity contribution in [2.45, 2.75) is 0 Å². The zero-order valence-corrected chi connectivity index (χ0v) is 6.90. The molecule has 2 rings (SSSR count). The van der Waals surface area contributed by atoms with Gasteiger partial charge in [-0.3, -0.25) is 5.10 Å². The molecule has 0 spiro atoms. The molecule has 0 unspecified atom stereocenters. The number of hydrogen-bond donors (Lipinski definition) is 2. The van der Waals surface area contributed by atoms with Crippen LogP contribution in [0.2, 0.25) is 0 Å². The first-order valence-electron chi connectivity index (χ1n) is 3.87. The second-order valence-corrected chi connectivity index (χ2v) is 2.57. The Morgan fingerprint density at radius 2 is 2.15 bits per heavy atom. The number of nitrogens with zero attached hydrogens (tertiary/aromatic N) is 1. The first-order chi connectivity index (χ1) is 6.36. The molecule has 0 aliphatic rings. The molecule has 0 aliphatic carbocycles. The van der Waals surface area contributed by atoms with E-state index in [-0.39, 0.29) is 0 Å². The third-order valence-electron chi connectivity index (χ3n) is 1.62. The highest BCUT2D eigenvalue weighted by Crippen LogP contribution is 2.25. The lowest BCUT2D eigenvalue weighted by atomic mass is 10.3. The van der Waals surface area contributed by atoms with E-state index in [0.29, 0.717) is 17.2 Å². The second kappa shape index (κ2) is 3.18. The van der Waals surface area contributed by atoms with E-state index in [0.717, 1.165) is 0 Å². The Labute approximate surface area is 75.3 Å². The van der Waals surface area contributed by atoms with E-state index in [1.54, 1.807) is 18.5 Å². The standard InChI is InChI=1S/C9H9N3O/c10-8-3-1-2-4-9(8)13-7-5-11-12-6-7/h1-6H,10H2,(H,11,12). The predicted molar refractivity (Wildman–Crippen MR) is 49.5 cm³/mol. The summed E-state index contributed by atoms with van der Waals surface area (Å²) in [6, 6.07) is 7.32. The first-order valence-corrected chi connectivity index (χ1v) is 3.87. The number of nitrogens with two attached hydrogens (primary N) is 1. The van der Waals surface area contributed by atoms with E-state index in [1.807, 2.05) is 18.2 Å². The van der Waals surface area contributed by atoms with E-state index < -0.39 is 0 Å². The van der Waals surface area contributed by atoms with Crippen LogP contribution in [0.25, 0.3) is 0 Å². The van der Waals surface area contributed by atoms with Gasteiger partial charge in [-0.1, -0.05) is 12.1 Å². The van der Waals surface area contributed by atoms with Crippen LogP contribution in [0, 0.1) is 0 Å². The summed E-state index contributed by atoms with van der Waals surface area (Å²) in [6.45, 7) is 0. The highest BCUT2D eigenvalue weighted by atomic mass is 16.5. The van der Waals surface area contributed by atoms with Crippen LogP contribution in [-0.2, 0) is 0 Å². The molecule has 0 saturated heterocycles. The number of H-pyrrole nitrogens is 1. The molecular weight excluding hydrogens is 166 g/mol. The molecule has 0 atom stereocenters. The molecule has 13 heavy (non-hydrogen) atoms. The number of aromatic nitrogens is 2. The second-order valence-electron chi connectivity index (χ2n) is 2.57. The van der Waals surface area contributed by atoms with Crippen molar-refractivity contribution < 1.29 is 4.74 Å². The fourth-order valence-corrected chi connectivity index (χ4v) is 0.995. The number of para-hydroxylation sites is 2. The molecule has 4 nitrogen and oxygen atoms in total. The van der Waals surface area contributed by atoms with Crippen LogP contribution >= 0.6 is 0 Å². The lowest BCUT2D eigenvalue weighted by Crippen LogP contribution is -1.89. The van der Waals surface area contributed by atoms with Gasteiger partial charge in [0.25, 0.3) is 0 Å². The molecule has 2 aromatic rings. The fraction of sp³-hybridized carbons (Fsp3) is 0. The SMILES string of the molecule is Nc1ccccc1Oc1cn[nH]c1. The van der Waals surface area contributed by atoms with Gasteiger partial charge < -0.3 is 10.5 Å². The summed E-state index contributed by atoms with van der Waals surface area (Å²) in [4.78, 5) is 0. The Balaban J connectivity index is 2.24. The van der Waals surface area contributed by atoms with Crippen LogP contribution in [0.5, 0.6) is 11.5 Å². The monoisotopic (exact) mass is 175 g/mol. The summed E-state index contributed by atoms with van der Waals surface area (Å²) in [7, 11) is 0. The van der Waals surface area contributed by atoms with Gasteiger partial charge >= 0.3 is 0 Å². The van der Waals surface area contributed by atoms with Crippen molar-refractivity contribution in [3.05, 3.63) is 36.7 Å². The van der Waals surface area contributed by atoms with E-state index in [2.05, 4.69) is 10.2 Å². The zero-order chi connectivity index (χ0) is 9.10. The Hall–Kier alpha value is -1.97. The molecule has 0 saturated carbocycles. The largest absolute Gasteiger partial charge is 0.452 e. The summed E-state index contributed by atoms with van der Waals surface area (Å²) < 4.78 is 5.43. The molecule has 1 heterocycles. The van der Waals surface area contributed by atoms with Gasteiger partial charge in [0, 0.05) is 0 Å². The molecule has 3 N–H and O–H groups in total. The molecule has 4 heteroatoms. The Morgan fingerprint density at radius 3 is 2.85 bits per heavy atom. The number of nitrogen functional groups attached to an aromatic ring is 1. The highest BCUT2D eigenvalue weighted by molar-refractivity contribution is 5.53. The maximum absolute atomic E-state index is 5.68. The minimum atomic E-state index is 0.615. The lowest BCUT2D eigenvalue weighted by Gasteiger charge is -2.04. The summed E-state index contributed by atoms with van der Waals surface area (Å²) >= 11 is 0. The summed E-state index contributed by atoms with van der Waals surface area (Å²) in [6.07, 6.45) is 3.25. The van der Waals surface area contributed by atoms with E-state index in [4.69, 9.17) is 10.5 Å². The Bertz CT molecular complexity index is 384. The van der Waals surface area contributed by atoms with Crippen LogP contribution in [0.4, 0.5) is 5.69 Å². The number of ether oxygens (including phenoxy) is 1. The smallest absolute Gasteiger partial charge is 0.165 e. The maximum atomic E-state index is 5.68. The third-order valence-corrected chi connectivity index (χ3v) is 1.62. The molecule has 0 aliphatic heterocycles. The number of benzene rings is 1. The van der Waals surface area contributed by atoms with Gasteiger partial charge in [0.1, 0.15) is 5.75 Å². The average molecular weight is 175 g/mol. The van der Waals surface area contributed by atoms with Gasteiger partial charge in [-0.15, -0.1) is 0 Å².